The predicted octanol–water partition coefficient (Wildman–Crippen LogP) is 1.49. The van der Waals surface area contributed by atoms with Crippen molar-refractivity contribution in [1.82, 2.24) is 10.6 Å². The van der Waals surface area contributed by atoms with Gasteiger partial charge < -0.3 is 20.1 Å². The maximum absolute atomic E-state index is 11.9. The van der Waals surface area contributed by atoms with E-state index in [-0.39, 0.29) is 13.2 Å². The predicted molar refractivity (Wildman–Crippen MR) is 96.7 cm³/mol. The first-order valence-electron chi connectivity index (χ1n) is 7.98. The first-order valence-corrected chi connectivity index (χ1v) is 8.86. The third-order valence-electron chi connectivity index (χ3n) is 3.24. The zero-order valence-electron chi connectivity index (χ0n) is 14.3. The second-order valence-corrected chi connectivity index (χ2v) is 6.34. The lowest BCUT2D eigenvalue weighted by molar-refractivity contribution is -0.154. The second-order valence-electron chi connectivity index (χ2n) is 5.31. The fraction of sp³-hybridized carbons (Fsp3) is 0.278. The monoisotopic (exact) mass is 376 g/mol. The number of esters is 1. The Morgan fingerprint density at radius 1 is 1.08 bits per heavy atom. The van der Waals surface area contributed by atoms with E-state index in [0.29, 0.717) is 12.3 Å². The van der Waals surface area contributed by atoms with Crippen LogP contribution in [-0.4, -0.2) is 37.0 Å². The van der Waals surface area contributed by atoms with Gasteiger partial charge in [0.25, 0.3) is 11.8 Å². The van der Waals surface area contributed by atoms with E-state index in [4.69, 9.17) is 9.47 Å². The molecule has 8 heteroatoms. The summed E-state index contributed by atoms with van der Waals surface area (Å²) in [6.07, 6.45) is -0.945. The van der Waals surface area contributed by atoms with Crippen molar-refractivity contribution in [3.63, 3.8) is 0 Å². The van der Waals surface area contributed by atoms with Gasteiger partial charge in [-0.1, -0.05) is 24.3 Å². The normalized spacial score (nSPS) is 11.3. The van der Waals surface area contributed by atoms with Gasteiger partial charge in [0.05, 0.1) is 6.54 Å². The summed E-state index contributed by atoms with van der Waals surface area (Å²) in [5.41, 5.74) is 0. The molecule has 0 aliphatic rings. The van der Waals surface area contributed by atoms with Crippen molar-refractivity contribution >= 4 is 29.1 Å². The number of para-hydroxylation sites is 1. The van der Waals surface area contributed by atoms with Crippen LogP contribution < -0.4 is 15.4 Å². The van der Waals surface area contributed by atoms with Crippen LogP contribution in [0.1, 0.15) is 11.8 Å². The van der Waals surface area contributed by atoms with Gasteiger partial charge in [-0.05, 0) is 30.5 Å². The summed E-state index contributed by atoms with van der Waals surface area (Å²) in [7, 11) is 0. The Balaban J connectivity index is 1.62. The molecule has 0 saturated carbocycles. The number of ether oxygens (including phenoxy) is 2. The van der Waals surface area contributed by atoms with Gasteiger partial charge in [0, 0.05) is 4.88 Å². The summed E-state index contributed by atoms with van der Waals surface area (Å²) in [5, 5.41) is 6.98. The first-order chi connectivity index (χ1) is 12.5. The molecule has 2 amide bonds. The largest absolute Gasteiger partial charge is 0.484 e. The van der Waals surface area contributed by atoms with E-state index in [0.717, 1.165) is 4.88 Å². The summed E-state index contributed by atoms with van der Waals surface area (Å²) in [4.78, 5) is 36.2. The van der Waals surface area contributed by atoms with Gasteiger partial charge in [-0.15, -0.1) is 11.3 Å². The summed E-state index contributed by atoms with van der Waals surface area (Å²) < 4.78 is 10.3. The Bertz CT molecular complexity index is 718. The van der Waals surface area contributed by atoms with Crippen LogP contribution >= 0.6 is 11.3 Å². The van der Waals surface area contributed by atoms with E-state index in [2.05, 4.69) is 10.6 Å². The molecule has 2 rings (SSSR count). The van der Waals surface area contributed by atoms with E-state index in [1.807, 2.05) is 23.6 Å². The summed E-state index contributed by atoms with van der Waals surface area (Å²) >= 11 is 1.52. The van der Waals surface area contributed by atoms with Crippen molar-refractivity contribution in [2.24, 2.45) is 0 Å². The van der Waals surface area contributed by atoms with E-state index < -0.39 is 23.9 Å². The molecule has 138 valence electrons. The Hall–Kier alpha value is -2.87. The molecule has 1 unspecified atom stereocenters. The standard InChI is InChI=1S/C18H20N2O5S/c1-13(18(23)20-10-15-8-5-9-26-15)25-17(22)11-19-16(21)12-24-14-6-3-2-4-7-14/h2-9,13H,10-12H2,1H3,(H,19,21)(H,20,23). The highest BCUT2D eigenvalue weighted by Gasteiger charge is 2.18. The van der Waals surface area contributed by atoms with Crippen LogP contribution in [0.5, 0.6) is 5.75 Å². The Kier molecular flexibility index (Phi) is 7.63. The van der Waals surface area contributed by atoms with E-state index in [9.17, 15) is 14.4 Å². The van der Waals surface area contributed by atoms with Crippen LogP contribution in [0.3, 0.4) is 0 Å². The summed E-state index contributed by atoms with van der Waals surface area (Å²) in [6.45, 7) is 1.31. The maximum Gasteiger partial charge on any atom is 0.326 e. The number of rotatable bonds is 9. The molecule has 2 aromatic rings. The second kappa shape index (κ2) is 10.2. The van der Waals surface area contributed by atoms with E-state index >= 15 is 0 Å². The third kappa shape index (κ3) is 6.94. The van der Waals surface area contributed by atoms with Crippen molar-refractivity contribution < 1.29 is 23.9 Å². The molecule has 1 heterocycles. The molecule has 7 nitrogen and oxygen atoms in total. The highest BCUT2D eigenvalue weighted by atomic mass is 32.1. The van der Waals surface area contributed by atoms with Gasteiger partial charge in [-0.2, -0.15) is 0 Å². The fourth-order valence-corrected chi connectivity index (χ4v) is 2.56. The molecular weight excluding hydrogens is 356 g/mol. The number of nitrogens with one attached hydrogen (secondary N) is 2. The molecule has 26 heavy (non-hydrogen) atoms. The van der Waals surface area contributed by atoms with Crippen LogP contribution in [0.25, 0.3) is 0 Å². The smallest absolute Gasteiger partial charge is 0.326 e. The molecule has 2 N–H and O–H groups in total. The molecule has 0 bridgehead atoms. The van der Waals surface area contributed by atoms with Gasteiger partial charge in [-0.25, -0.2) is 0 Å². The molecular formula is C18H20N2O5S. The lowest BCUT2D eigenvalue weighted by atomic mass is 10.3. The first kappa shape index (κ1) is 19.5. The molecule has 1 atom stereocenters. The molecule has 0 spiro atoms. The average molecular weight is 376 g/mol. The molecule has 0 aliphatic carbocycles. The van der Waals surface area contributed by atoms with Gasteiger partial charge >= 0.3 is 5.97 Å². The molecule has 0 aliphatic heterocycles. The SMILES string of the molecule is CC(OC(=O)CNC(=O)COc1ccccc1)C(=O)NCc1cccs1. The minimum Gasteiger partial charge on any atom is -0.484 e. The Labute approximate surface area is 155 Å². The minimum absolute atomic E-state index is 0.214. The number of hydrogen-bond acceptors (Lipinski definition) is 6. The van der Waals surface area contributed by atoms with Crippen LogP contribution in [-0.2, 0) is 25.7 Å². The van der Waals surface area contributed by atoms with Crippen LogP contribution in [0.2, 0.25) is 0 Å². The quantitative estimate of drug-likeness (QED) is 0.647. The molecule has 0 radical (unpaired) electrons. The number of thiophene rings is 1. The lowest BCUT2D eigenvalue weighted by Crippen LogP contribution is -2.39. The summed E-state index contributed by atoms with van der Waals surface area (Å²) in [5.74, 6) is -0.996. The molecule has 1 aromatic heterocycles. The highest BCUT2D eigenvalue weighted by Crippen LogP contribution is 2.08. The Morgan fingerprint density at radius 3 is 2.54 bits per heavy atom. The zero-order valence-corrected chi connectivity index (χ0v) is 15.1. The zero-order chi connectivity index (χ0) is 18.8. The minimum atomic E-state index is -0.945. The maximum atomic E-state index is 11.9. The molecule has 1 aromatic carbocycles. The molecule has 0 fully saturated rings. The third-order valence-corrected chi connectivity index (χ3v) is 4.11. The lowest BCUT2D eigenvalue weighted by Gasteiger charge is -2.13. The van der Waals surface area contributed by atoms with E-state index in [1.165, 1.54) is 18.3 Å². The number of amides is 2. The highest BCUT2D eigenvalue weighted by molar-refractivity contribution is 7.09. The number of carbonyl (C=O) groups is 3. The van der Waals surface area contributed by atoms with Crippen molar-refractivity contribution in [2.75, 3.05) is 13.2 Å². The Morgan fingerprint density at radius 2 is 1.85 bits per heavy atom. The van der Waals surface area contributed by atoms with Crippen molar-refractivity contribution in [3.8, 4) is 5.75 Å². The van der Waals surface area contributed by atoms with Crippen LogP contribution in [0.4, 0.5) is 0 Å². The number of hydrogen-bond donors (Lipinski definition) is 2. The fourth-order valence-electron chi connectivity index (χ4n) is 1.91. The van der Waals surface area contributed by atoms with Crippen LogP contribution in [0, 0.1) is 0 Å². The van der Waals surface area contributed by atoms with Gasteiger partial charge in [0.1, 0.15) is 12.3 Å². The van der Waals surface area contributed by atoms with Crippen molar-refractivity contribution in [3.05, 3.63) is 52.7 Å². The van der Waals surface area contributed by atoms with Gasteiger partial charge in [0.15, 0.2) is 12.7 Å². The topological polar surface area (TPSA) is 93.7 Å². The molecule has 0 saturated heterocycles. The van der Waals surface area contributed by atoms with E-state index in [1.54, 1.807) is 24.3 Å². The van der Waals surface area contributed by atoms with Gasteiger partial charge in [-0.3, -0.25) is 14.4 Å². The average Bonchev–Trinajstić information content (AvgIpc) is 3.17. The van der Waals surface area contributed by atoms with Crippen molar-refractivity contribution in [2.45, 2.75) is 19.6 Å². The number of carbonyl (C=O) groups excluding carboxylic acids is 3. The van der Waals surface area contributed by atoms with Crippen molar-refractivity contribution in [1.29, 1.82) is 0 Å². The summed E-state index contributed by atoms with van der Waals surface area (Å²) in [6, 6.07) is 12.6. The van der Waals surface area contributed by atoms with Crippen LogP contribution in [0.15, 0.2) is 47.8 Å². The number of benzene rings is 1. The van der Waals surface area contributed by atoms with Gasteiger partial charge in [0.2, 0.25) is 0 Å².